The van der Waals surface area contributed by atoms with Crippen LogP contribution in [0.25, 0.3) is 0 Å². The lowest BCUT2D eigenvalue weighted by molar-refractivity contribution is 0.590. The highest BCUT2D eigenvalue weighted by atomic mass is 35.5. The first-order valence-electron chi connectivity index (χ1n) is 4.81. The number of rotatable bonds is 4. The number of nitrogens with zero attached hydrogens (tertiary/aromatic N) is 1. The summed E-state index contributed by atoms with van der Waals surface area (Å²) in [7, 11) is 2.04. The molecule has 0 aliphatic heterocycles. The van der Waals surface area contributed by atoms with E-state index < -0.39 is 0 Å². The van der Waals surface area contributed by atoms with Crippen LogP contribution < -0.4 is 10.6 Å². The lowest BCUT2D eigenvalue weighted by Gasteiger charge is -2.23. The van der Waals surface area contributed by atoms with Gasteiger partial charge >= 0.3 is 0 Å². The Morgan fingerprint density at radius 3 is 2.64 bits per heavy atom. The van der Waals surface area contributed by atoms with Crippen molar-refractivity contribution in [2.24, 2.45) is 11.7 Å². The molecule has 1 rings (SSSR count). The molecule has 0 aliphatic rings. The van der Waals surface area contributed by atoms with Crippen LogP contribution in [0.5, 0.6) is 0 Å². The van der Waals surface area contributed by atoms with E-state index in [2.05, 4.69) is 11.8 Å². The molecular weight excluding hydrogens is 196 g/mol. The van der Waals surface area contributed by atoms with Gasteiger partial charge in [-0.05, 0) is 24.6 Å². The number of hydrogen-bond donors (Lipinski definition) is 1. The van der Waals surface area contributed by atoms with Gasteiger partial charge < -0.3 is 10.6 Å². The zero-order valence-corrected chi connectivity index (χ0v) is 9.46. The maximum atomic E-state index is 6.07. The number of benzene rings is 1. The Balaban J connectivity index is 2.69. The normalized spacial score (nSPS) is 12.6. The van der Waals surface area contributed by atoms with Gasteiger partial charge in [-0.2, -0.15) is 0 Å². The third-order valence-corrected chi connectivity index (χ3v) is 2.57. The lowest BCUT2D eigenvalue weighted by Crippen LogP contribution is -2.28. The van der Waals surface area contributed by atoms with Crippen LogP contribution in [0, 0.1) is 5.92 Å². The number of nitrogens with two attached hydrogens (primary N) is 1. The Morgan fingerprint density at radius 2 is 2.07 bits per heavy atom. The lowest BCUT2D eigenvalue weighted by atomic mass is 10.1. The smallest absolute Gasteiger partial charge is 0.0639 e. The maximum absolute atomic E-state index is 6.07. The second-order valence-electron chi connectivity index (χ2n) is 3.67. The first-order chi connectivity index (χ1) is 6.65. The van der Waals surface area contributed by atoms with Crippen LogP contribution in [0.2, 0.25) is 5.02 Å². The summed E-state index contributed by atoms with van der Waals surface area (Å²) in [6, 6.07) is 7.85. The van der Waals surface area contributed by atoms with Crippen molar-refractivity contribution >= 4 is 17.3 Å². The zero-order chi connectivity index (χ0) is 10.6. The van der Waals surface area contributed by atoms with Gasteiger partial charge in [-0.25, -0.2) is 0 Å². The highest BCUT2D eigenvalue weighted by Gasteiger charge is 2.07. The minimum Gasteiger partial charge on any atom is -0.373 e. The first kappa shape index (κ1) is 11.3. The van der Waals surface area contributed by atoms with Crippen LogP contribution in [0.15, 0.2) is 24.3 Å². The molecule has 14 heavy (non-hydrogen) atoms. The number of anilines is 1. The molecule has 0 saturated carbocycles. The van der Waals surface area contributed by atoms with E-state index in [1.165, 1.54) is 0 Å². The molecule has 0 amide bonds. The van der Waals surface area contributed by atoms with Crippen molar-refractivity contribution in [3.63, 3.8) is 0 Å². The molecule has 0 heterocycles. The summed E-state index contributed by atoms with van der Waals surface area (Å²) in [5, 5.41) is 0.791. The monoisotopic (exact) mass is 212 g/mol. The fourth-order valence-corrected chi connectivity index (χ4v) is 1.68. The van der Waals surface area contributed by atoms with E-state index in [9.17, 15) is 0 Å². The van der Waals surface area contributed by atoms with Crippen LogP contribution >= 0.6 is 11.6 Å². The second kappa shape index (κ2) is 5.23. The number of halogens is 1. The summed E-state index contributed by atoms with van der Waals surface area (Å²) >= 11 is 6.07. The standard InChI is InChI=1S/C11H17ClN2/c1-9(7-13)8-14(2)11-6-4-3-5-10(11)12/h3-6,9H,7-8,13H2,1-2H3. The number of hydrogen-bond acceptors (Lipinski definition) is 2. The van der Waals surface area contributed by atoms with Crippen LogP contribution in [-0.2, 0) is 0 Å². The second-order valence-corrected chi connectivity index (χ2v) is 4.08. The molecule has 1 atom stereocenters. The van der Waals surface area contributed by atoms with Gasteiger partial charge in [0, 0.05) is 13.6 Å². The molecule has 0 spiro atoms. The van der Waals surface area contributed by atoms with Crippen molar-refractivity contribution < 1.29 is 0 Å². The molecule has 0 bridgehead atoms. The topological polar surface area (TPSA) is 29.3 Å². The van der Waals surface area contributed by atoms with E-state index in [-0.39, 0.29) is 0 Å². The molecule has 0 aromatic heterocycles. The third kappa shape index (κ3) is 2.89. The van der Waals surface area contributed by atoms with Gasteiger partial charge in [-0.15, -0.1) is 0 Å². The Hall–Kier alpha value is -0.730. The summed E-state index contributed by atoms with van der Waals surface area (Å²) in [5.41, 5.74) is 6.64. The van der Waals surface area contributed by atoms with Crippen LogP contribution in [0.4, 0.5) is 5.69 Å². The molecule has 0 saturated heterocycles. The van der Waals surface area contributed by atoms with E-state index in [0.29, 0.717) is 12.5 Å². The van der Waals surface area contributed by atoms with Crippen molar-refractivity contribution in [1.82, 2.24) is 0 Å². The van der Waals surface area contributed by atoms with Gasteiger partial charge in [0.15, 0.2) is 0 Å². The van der Waals surface area contributed by atoms with Crippen molar-refractivity contribution in [2.75, 3.05) is 25.0 Å². The molecule has 1 aromatic carbocycles. The highest BCUT2D eigenvalue weighted by molar-refractivity contribution is 6.33. The predicted octanol–water partition coefficient (Wildman–Crippen LogP) is 2.37. The average molecular weight is 213 g/mol. The summed E-state index contributed by atoms with van der Waals surface area (Å²) in [6.07, 6.45) is 0. The summed E-state index contributed by atoms with van der Waals surface area (Å²) in [5.74, 6) is 0.483. The quantitative estimate of drug-likeness (QED) is 0.831. The maximum Gasteiger partial charge on any atom is 0.0639 e. The van der Waals surface area contributed by atoms with Crippen LogP contribution in [-0.4, -0.2) is 20.1 Å². The Kier molecular flexibility index (Phi) is 4.23. The van der Waals surface area contributed by atoms with Gasteiger partial charge in [-0.1, -0.05) is 30.7 Å². The SMILES string of the molecule is CC(CN)CN(C)c1ccccc1Cl. The van der Waals surface area contributed by atoms with E-state index in [0.717, 1.165) is 17.3 Å². The van der Waals surface area contributed by atoms with Gasteiger partial charge in [0.2, 0.25) is 0 Å². The van der Waals surface area contributed by atoms with Gasteiger partial charge in [0.1, 0.15) is 0 Å². The average Bonchev–Trinajstić information content (AvgIpc) is 2.18. The van der Waals surface area contributed by atoms with E-state index in [1.54, 1.807) is 0 Å². The third-order valence-electron chi connectivity index (χ3n) is 2.25. The molecule has 0 radical (unpaired) electrons. The van der Waals surface area contributed by atoms with Crippen molar-refractivity contribution in [3.8, 4) is 0 Å². The van der Waals surface area contributed by atoms with E-state index in [1.807, 2.05) is 31.3 Å². The van der Waals surface area contributed by atoms with Gasteiger partial charge in [-0.3, -0.25) is 0 Å². The molecule has 3 heteroatoms. The summed E-state index contributed by atoms with van der Waals surface area (Å²) in [6.45, 7) is 3.77. The fraction of sp³-hybridized carbons (Fsp3) is 0.455. The minimum atomic E-state index is 0.483. The molecule has 0 fully saturated rings. The van der Waals surface area contributed by atoms with Crippen molar-refractivity contribution in [1.29, 1.82) is 0 Å². The summed E-state index contributed by atoms with van der Waals surface area (Å²) < 4.78 is 0. The first-order valence-corrected chi connectivity index (χ1v) is 5.18. The largest absolute Gasteiger partial charge is 0.373 e. The molecule has 78 valence electrons. The zero-order valence-electron chi connectivity index (χ0n) is 8.70. The van der Waals surface area contributed by atoms with Gasteiger partial charge in [0.05, 0.1) is 10.7 Å². The van der Waals surface area contributed by atoms with E-state index in [4.69, 9.17) is 17.3 Å². The molecule has 2 nitrogen and oxygen atoms in total. The minimum absolute atomic E-state index is 0.483. The number of para-hydroxylation sites is 1. The van der Waals surface area contributed by atoms with Crippen LogP contribution in [0.3, 0.4) is 0 Å². The fourth-order valence-electron chi connectivity index (χ4n) is 1.40. The molecule has 0 aliphatic carbocycles. The van der Waals surface area contributed by atoms with Crippen molar-refractivity contribution in [2.45, 2.75) is 6.92 Å². The van der Waals surface area contributed by atoms with Gasteiger partial charge in [0.25, 0.3) is 0 Å². The summed E-state index contributed by atoms with van der Waals surface area (Å²) in [4.78, 5) is 2.14. The molecule has 1 unspecified atom stereocenters. The Bertz CT molecular complexity index is 288. The Labute approximate surface area is 90.7 Å². The Morgan fingerprint density at radius 1 is 1.43 bits per heavy atom. The predicted molar refractivity (Wildman–Crippen MR) is 62.9 cm³/mol. The van der Waals surface area contributed by atoms with Crippen molar-refractivity contribution in [3.05, 3.63) is 29.3 Å². The van der Waals surface area contributed by atoms with Crippen LogP contribution in [0.1, 0.15) is 6.92 Å². The molecule has 2 N–H and O–H groups in total. The molecular formula is C11H17ClN2. The van der Waals surface area contributed by atoms with E-state index >= 15 is 0 Å². The highest BCUT2D eigenvalue weighted by Crippen LogP contribution is 2.24. The molecule has 1 aromatic rings.